The molecule has 0 unspecified atom stereocenters. The number of allylic oxidation sites excluding steroid dienone is 1. The average Bonchev–Trinajstić information content (AvgIpc) is 2.79. The topological polar surface area (TPSA) is 78.4 Å². The van der Waals surface area contributed by atoms with Crippen molar-refractivity contribution >= 4 is 12.0 Å². The maximum absolute atomic E-state index is 11.7. The van der Waals surface area contributed by atoms with Crippen LogP contribution in [0.2, 0.25) is 0 Å². The van der Waals surface area contributed by atoms with Gasteiger partial charge >= 0.3 is 12.0 Å². The molecule has 0 aromatic carbocycles. The zero-order chi connectivity index (χ0) is 14.3. The summed E-state index contributed by atoms with van der Waals surface area (Å²) in [6, 6.07) is -0.228. The lowest BCUT2D eigenvalue weighted by Crippen LogP contribution is -2.48. The molecule has 19 heavy (non-hydrogen) atoms. The summed E-state index contributed by atoms with van der Waals surface area (Å²) in [6.07, 6.45) is 7.15. The molecular formula is C14H24N2O3. The second kappa shape index (κ2) is 7.16. The van der Waals surface area contributed by atoms with Crippen molar-refractivity contribution in [1.82, 2.24) is 10.6 Å². The summed E-state index contributed by atoms with van der Waals surface area (Å²) in [5.74, 6) is -0.844. The molecule has 5 nitrogen and oxygen atoms in total. The van der Waals surface area contributed by atoms with Crippen LogP contribution in [0.3, 0.4) is 0 Å². The third-order valence-corrected chi connectivity index (χ3v) is 3.28. The van der Waals surface area contributed by atoms with Crippen molar-refractivity contribution in [3.8, 4) is 0 Å². The number of rotatable bonds is 7. The highest BCUT2D eigenvalue weighted by Gasteiger charge is 2.21. The lowest BCUT2D eigenvalue weighted by Gasteiger charge is -2.25. The van der Waals surface area contributed by atoms with Crippen LogP contribution < -0.4 is 10.6 Å². The first-order valence-electron chi connectivity index (χ1n) is 6.85. The quantitative estimate of drug-likeness (QED) is 0.620. The Bertz CT molecular complexity index is 362. The lowest BCUT2D eigenvalue weighted by atomic mass is 9.99. The predicted octanol–water partition coefficient (Wildman–Crippen LogP) is 2.43. The highest BCUT2D eigenvalue weighted by atomic mass is 16.4. The number of hydrogen-bond donors (Lipinski definition) is 3. The second-order valence-corrected chi connectivity index (χ2v) is 5.66. The van der Waals surface area contributed by atoms with Crippen molar-refractivity contribution in [1.29, 1.82) is 0 Å². The van der Waals surface area contributed by atoms with Crippen LogP contribution in [0.5, 0.6) is 0 Å². The van der Waals surface area contributed by atoms with Gasteiger partial charge in [-0.05, 0) is 46.0 Å². The number of nitrogens with one attached hydrogen (secondary N) is 2. The molecule has 0 saturated carbocycles. The van der Waals surface area contributed by atoms with E-state index in [0.717, 1.165) is 19.3 Å². The van der Waals surface area contributed by atoms with Crippen LogP contribution in [0, 0.1) is 0 Å². The van der Waals surface area contributed by atoms with E-state index in [1.54, 1.807) is 0 Å². The van der Waals surface area contributed by atoms with E-state index in [9.17, 15) is 9.59 Å². The number of aliphatic carboxylic acids is 1. The summed E-state index contributed by atoms with van der Waals surface area (Å²) in [7, 11) is 0. The fourth-order valence-corrected chi connectivity index (χ4v) is 2.13. The van der Waals surface area contributed by atoms with Crippen LogP contribution in [-0.4, -0.2) is 29.2 Å². The van der Waals surface area contributed by atoms with Crippen LogP contribution in [0.25, 0.3) is 0 Å². The third-order valence-electron chi connectivity index (χ3n) is 3.28. The van der Waals surface area contributed by atoms with Gasteiger partial charge in [-0.25, -0.2) is 4.79 Å². The Morgan fingerprint density at radius 3 is 2.74 bits per heavy atom. The number of carbonyl (C=O) groups is 2. The van der Waals surface area contributed by atoms with Crippen molar-refractivity contribution in [2.75, 3.05) is 6.54 Å². The largest absolute Gasteiger partial charge is 0.481 e. The summed E-state index contributed by atoms with van der Waals surface area (Å²) in [5, 5.41) is 14.3. The van der Waals surface area contributed by atoms with Crippen molar-refractivity contribution < 1.29 is 14.7 Å². The van der Waals surface area contributed by atoms with Gasteiger partial charge in [0, 0.05) is 18.5 Å². The Hall–Kier alpha value is -1.52. The van der Waals surface area contributed by atoms with Gasteiger partial charge in [0.25, 0.3) is 0 Å². The van der Waals surface area contributed by atoms with E-state index in [1.165, 1.54) is 12.0 Å². The lowest BCUT2D eigenvalue weighted by molar-refractivity contribution is -0.137. The van der Waals surface area contributed by atoms with E-state index >= 15 is 0 Å². The average molecular weight is 268 g/mol. The molecule has 108 valence electrons. The highest BCUT2D eigenvalue weighted by Crippen LogP contribution is 2.19. The van der Waals surface area contributed by atoms with Gasteiger partial charge in [0.2, 0.25) is 0 Å². The number of carboxylic acid groups (broad SMARTS) is 1. The Morgan fingerprint density at radius 1 is 1.42 bits per heavy atom. The minimum absolute atomic E-state index is 0.0557. The smallest absolute Gasteiger partial charge is 0.315 e. The molecule has 0 heterocycles. The predicted molar refractivity (Wildman–Crippen MR) is 74.0 cm³/mol. The SMILES string of the molecule is CC(C)(CCC(=O)O)NC(=O)NCCC1=CCCC1. The highest BCUT2D eigenvalue weighted by molar-refractivity contribution is 5.74. The van der Waals surface area contributed by atoms with E-state index in [4.69, 9.17) is 5.11 Å². The number of urea groups is 1. The third kappa shape index (κ3) is 6.84. The summed E-state index contributed by atoms with van der Waals surface area (Å²) in [5.41, 5.74) is 0.917. The molecule has 0 aromatic rings. The molecule has 0 atom stereocenters. The molecule has 0 bridgehead atoms. The Morgan fingerprint density at radius 2 is 2.16 bits per heavy atom. The van der Waals surface area contributed by atoms with Crippen LogP contribution in [0.4, 0.5) is 4.79 Å². The number of carboxylic acids is 1. The second-order valence-electron chi connectivity index (χ2n) is 5.66. The van der Waals surface area contributed by atoms with Gasteiger partial charge < -0.3 is 15.7 Å². The first-order valence-corrected chi connectivity index (χ1v) is 6.85. The van der Waals surface area contributed by atoms with E-state index in [2.05, 4.69) is 16.7 Å². The Labute approximate surface area is 114 Å². The molecule has 0 saturated heterocycles. The molecular weight excluding hydrogens is 244 g/mol. The van der Waals surface area contributed by atoms with Crippen molar-refractivity contribution in [2.45, 2.75) is 57.9 Å². The van der Waals surface area contributed by atoms with E-state index in [-0.39, 0.29) is 12.5 Å². The molecule has 0 spiro atoms. The van der Waals surface area contributed by atoms with E-state index in [0.29, 0.717) is 13.0 Å². The monoisotopic (exact) mass is 268 g/mol. The van der Waals surface area contributed by atoms with E-state index < -0.39 is 11.5 Å². The zero-order valence-corrected chi connectivity index (χ0v) is 11.8. The van der Waals surface area contributed by atoms with Gasteiger partial charge in [-0.2, -0.15) is 0 Å². The van der Waals surface area contributed by atoms with Crippen molar-refractivity contribution in [3.05, 3.63) is 11.6 Å². The summed E-state index contributed by atoms with van der Waals surface area (Å²) < 4.78 is 0. The van der Waals surface area contributed by atoms with Crippen molar-refractivity contribution in [2.24, 2.45) is 0 Å². The molecule has 0 fully saturated rings. The molecule has 1 aliphatic carbocycles. The van der Waals surface area contributed by atoms with Gasteiger partial charge in [0.15, 0.2) is 0 Å². The summed E-state index contributed by atoms with van der Waals surface area (Å²) in [4.78, 5) is 22.2. The minimum Gasteiger partial charge on any atom is -0.481 e. The molecule has 0 radical (unpaired) electrons. The molecule has 1 aliphatic rings. The summed E-state index contributed by atoms with van der Waals surface area (Å²) in [6.45, 7) is 4.29. The fraction of sp³-hybridized carbons (Fsp3) is 0.714. The number of hydrogen-bond acceptors (Lipinski definition) is 2. The van der Waals surface area contributed by atoms with Gasteiger partial charge in [0.05, 0.1) is 0 Å². The fourth-order valence-electron chi connectivity index (χ4n) is 2.13. The first-order chi connectivity index (χ1) is 8.89. The van der Waals surface area contributed by atoms with Crippen LogP contribution in [0.15, 0.2) is 11.6 Å². The van der Waals surface area contributed by atoms with Gasteiger partial charge in [-0.1, -0.05) is 11.6 Å². The molecule has 5 heteroatoms. The number of carbonyl (C=O) groups excluding carboxylic acids is 1. The Kier molecular flexibility index (Phi) is 5.86. The Balaban J connectivity index is 2.19. The molecule has 0 aromatic heterocycles. The van der Waals surface area contributed by atoms with Gasteiger partial charge in [-0.15, -0.1) is 0 Å². The minimum atomic E-state index is -0.844. The molecule has 3 N–H and O–H groups in total. The maximum atomic E-state index is 11.7. The van der Waals surface area contributed by atoms with Crippen LogP contribution in [0.1, 0.15) is 52.4 Å². The van der Waals surface area contributed by atoms with E-state index in [1.807, 2.05) is 13.8 Å². The van der Waals surface area contributed by atoms with Crippen LogP contribution >= 0.6 is 0 Å². The van der Waals surface area contributed by atoms with Gasteiger partial charge in [0.1, 0.15) is 0 Å². The standard InChI is InChI=1S/C14H24N2O3/c1-14(2,9-7-12(17)18)16-13(19)15-10-8-11-5-3-4-6-11/h5H,3-4,6-10H2,1-2H3,(H,17,18)(H2,15,16,19). The molecule has 1 rings (SSSR count). The molecule has 2 amide bonds. The normalized spacial score (nSPS) is 14.9. The van der Waals surface area contributed by atoms with Crippen molar-refractivity contribution in [3.63, 3.8) is 0 Å². The van der Waals surface area contributed by atoms with Gasteiger partial charge in [-0.3, -0.25) is 4.79 Å². The first kappa shape index (κ1) is 15.5. The maximum Gasteiger partial charge on any atom is 0.315 e. The molecule has 0 aliphatic heterocycles. The number of amides is 2. The van der Waals surface area contributed by atoms with Crippen LogP contribution in [-0.2, 0) is 4.79 Å². The summed E-state index contributed by atoms with van der Waals surface area (Å²) >= 11 is 0. The zero-order valence-electron chi connectivity index (χ0n) is 11.8.